The minimum atomic E-state index is -4.62. The van der Waals surface area contributed by atoms with Crippen LogP contribution in [0.2, 0.25) is 0 Å². The highest BCUT2D eigenvalue weighted by Crippen LogP contribution is 2.34. The first-order chi connectivity index (χ1) is 13.9. The molecule has 1 atom stereocenters. The van der Waals surface area contributed by atoms with Crippen molar-refractivity contribution in [3.8, 4) is 5.75 Å². The number of hydrogen-bond donors (Lipinski definition) is 1. The molecule has 8 heteroatoms. The van der Waals surface area contributed by atoms with Crippen LogP contribution < -0.4 is 10.1 Å². The Hall–Kier alpha value is -3.03. The highest BCUT2D eigenvalue weighted by atomic mass is 19.4. The van der Waals surface area contributed by atoms with Crippen LogP contribution in [-0.2, 0) is 25.9 Å². The van der Waals surface area contributed by atoms with Gasteiger partial charge in [-0.05, 0) is 42.2 Å². The number of para-hydroxylation sites is 1. The van der Waals surface area contributed by atoms with Crippen molar-refractivity contribution < 1.29 is 32.2 Å². The zero-order valence-corrected chi connectivity index (χ0v) is 17.2. The fraction of sp³-hybridized carbons (Fsp3) is 0.364. The van der Waals surface area contributed by atoms with Gasteiger partial charge in [0.05, 0.1) is 11.3 Å². The zero-order valence-electron chi connectivity index (χ0n) is 17.2. The van der Waals surface area contributed by atoms with E-state index in [0.717, 1.165) is 17.7 Å². The molecule has 0 aliphatic rings. The summed E-state index contributed by atoms with van der Waals surface area (Å²) in [6.45, 7) is 6.93. The number of esters is 1. The van der Waals surface area contributed by atoms with Crippen LogP contribution in [0.4, 0.5) is 18.9 Å². The van der Waals surface area contributed by atoms with Gasteiger partial charge in [0.2, 0.25) is 0 Å². The van der Waals surface area contributed by atoms with Gasteiger partial charge < -0.3 is 14.8 Å². The lowest BCUT2D eigenvalue weighted by molar-refractivity contribution is -0.153. The summed E-state index contributed by atoms with van der Waals surface area (Å²) in [5, 5.41) is 2.10. The Bertz CT molecular complexity index is 886. The van der Waals surface area contributed by atoms with Gasteiger partial charge in [0, 0.05) is 0 Å². The molecule has 1 amide bonds. The van der Waals surface area contributed by atoms with Crippen LogP contribution in [0.3, 0.4) is 0 Å². The predicted molar refractivity (Wildman–Crippen MR) is 106 cm³/mol. The molecule has 0 saturated heterocycles. The molecule has 0 heterocycles. The second-order valence-corrected chi connectivity index (χ2v) is 7.73. The van der Waals surface area contributed by atoms with E-state index in [4.69, 9.17) is 9.47 Å². The molecule has 0 fully saturated rings. The maximum absolute atomic E-state index is 13.0. The normalized spacial score (nSPS) is 12.8. The van der Waals surface area contributed by atoms with Gasteiger partial charge in [-0.1, -0.05) is 45.0 Å². The number of ether oxygens (including phenoxy) is 2. The van der Waals surface area contributed by atoms with Gasteiger partial charge in [0.1, 0.15) is 5.75 Å². The number of anilines is 1. The Labute approximate surface area is 173 Å². The molecule has 0 unspecified atom stereocenters. The van der Waals surface area contributed by atoms with Gasteiger partial charge in [-0.15, -0.1) is 0 Å². The number of amides is 1. The number of benzene rings is 2. The molecule has 0 aliphatic carbocycles. The summed E-state index contributed by atoms with van der Waals surface area (Å²) in [6, 6.07) is 11.8. The average Bonchev–Trinajstić information content (AvgIpc) is 2.65. The second-order valence-electron chi connectivity index (χ2n) is 7.73. The molecule has 0 spiro atoms. The monoisotopic (exact) mass is 423 g/mol. The largest absolute Gasteiger partial charge is 0.479 e. The van der Waals surface area contributed by atoms with Gasteiger partial charge in [-0.3, -0.25) is 4.79 Å². The molecule has 30 heavy (non-hydrogen) atoms. The van der Waals surface area contributed by atoms with Crippen molar-refractivity contribution in [3.63, 3.8) is 0 Å². The van der Waals surface area contributed by atoms with Crippen molar-refractivity contribution in [2.45, 2.75) is 45.4 Å². The molecular weight excluding hydrogens is 399 g/mol. The number of carbonyl (C=O) groups is 2. The number of rotatable bonds is 6. The van der Waals surface area contributed by atoms with E-state index in [2.05, 4.69) is 26.1 Å². The first kappa shape index (κ1) is 23.3. The lowest BCUT2D eigenvalue weighted by atomic mass is 9.87. The van der Waals surface area contributed by atoms with Crippen molar-refractivity contribution in [2.24, 2.45) is 0 Å². The van der Waals surface area contributed by atoms with Crippen LogP contribution in [0, 0.1) is 0 Å². The Morgan fingerprint density at radius 2 is 1.60 bits per heavy atom. The summed E-state index contributed by atoms with van der Waals surface area (Å²) in [5.41, 5.74) is -0.323. The number of halogens is 3. The summed E-state index contributed by atoms with van der Waals surface area (Å²) in [5.74, 6) is -1.24. The zero-order chi connectivity index (χ0) is 22.5. The van der Waals surface area contributed by atoms with E-state index in [-0.39, 0.29) is 5.41 Å². The van der Waals surface area contributed by atoms with E-state index >= 15 is 0 Å². The highest BCUT2D eigenvalue weighted by molar-refractivity contribution is 5.93. The smallest absolute Gasteiger partial charge is 0.418 e. The van der Waals surface area contributed by atoms with E-state index in [9.17, 15) is 22.8 Å². The molecule has 2 aromatic carbocycles. The number of alkyl halides is 3. The predicted octanol–water partition coefficient (Wildman–Crippen LogP) is 4.95. The summed E-state index contributed by atoms with van der Waals surface area (Å²) >= 11 is 0. The summed E-state index contributed by atoms with van der Waals surface area (Å²) in [6.07, 6.45) is -5.62. The molecule has 0 bridgehead atoms. The number of carbonyl (C=O) groups excluding carboxylic acids is 2. The van der Waals surface area contributed by atoms with E-state index in [1.165, 1.54) is 19.1 Å². The lowest BCUT2D eigenvalue weighted by Gasteiger charge is -2.20. The van der Waals surface area contributed by atoms with E-state index in [0.29, 0.717) is 5.75 Å². The van der Waals surface area contributed by atoms with E-state index in [1.54, 1.807) is 12.1 Å². The molecule has 2 aromatic rings. The number of nitrogens with one attached hydrogen (secondary N) is 1. The minimum Gasteiger partial charge on any atom is -0.479 e. The van der Waals surface area contributed by atoms with Crippen molar-refractivity contribution >= 4 is 17.6 Å². The quantitative estimate of drug-likeness (QED) is 0.668. The van der Waals surface area contributed by atoms with Gasteiger partial charge >= 0.3 is 12.1 Å². The molecule has 5 nitrogen and oxygen atoms in total. The van der Waals surface area contributed by atoms with Crippen LogP contribution in [0.15, 0.2) is 48.5 Å². The first-order valence-corrected chi connectivity index (χ1v) is 9.28. The number of hydrogen-bond acceptors (Lipinski definition) is 4. The van der Waals surface area contributed by atoms with Crippen LogP contribution in [0.5, 0.6) is 5.75 Å². The molecule has 0 aromatic heterocycles. The fourth-order valence-electron chi connectivity index (χ4n) is 2.57. The molecule has 2 rings (SSSR count). The molecule has 0 aliphatic heterocycles. The standard InChI is InChI=1S/C22H24F3NO4/c1-14(30-16-11-9-15(10-12-16)21(2,3)4)20(28)29-13-19(27)26-18-8-6-5-7-17(18)22(23,24)25/h5-12,14H,13H2,1-4H3,(H,26,27)/t14-/m0/s1. The third-order valence-corrected chi connectivity index (χ3v) is 4.22. The maximum Gasteiger partial charge on any atom is 0.418 e. The average molecular weight is 423 g/mol. The lowest BCUT2D eigenvalue weighted by Crippen LogP contribution is -2.30. The Morgan fingerprint density at radius 3 is 2.17 bits per heavy atom. The Morgan fingerprint density at radius 1 is 1.00 bits per heavy atom. The molecular formula is C22H24F3NO4. The third kappa shape index (κ3) is 6.50. The van der Waals surface area contributed by atoms with Gasteiger partial charge in [0.25, 0.3) is 5.91 Å². The molecule has 0 radical (unpaired) electrons. The van der Waals surface area contributed by atoms with Gasteiger partial charge in [-0.2, -0.15) is 13.2 Å². The van der Waals surface area contributed by atoms with E-state index < -0.39 is 42.0 Å². The van der Waals surface area contributed by atoms with Crippen molar-refractivity contribution in [2.75, 3.05) is 11.9 Å². The van der Waals surface area contributed by atoms with E-state index in [1.807, 2.05) is 12.1 Å². The van der Waals surface area contributed by atoms with Crippen LogP contribution in [-0.4, -0.2) is 24.6 Å². The molecule has 162 valence electrons. The van der Waals surface area contributed by atoms with Crippen LogP contribution in [0.25, 0.3) is 0 Å². The minimum absolute atomic E-state index is 0.0266. The van der Waals surface area contributed by atoms with Crippen LogP contribution >= 0.6 is 0 Å². The fourth-order valence-corrected chi connectivity index (χ4v) is 2.57. The summed E-state index contributed by atoms with van der Waals surface area (Å²) in [7, 11) is 0. The van der Waals surface area contributed by atoms with Crippen molar-refractivity contribution in [1.82, 2.24) is 0 Å². The topological polar surface area (TPSA) is 64.6 Å². The highest BCUT2D eigenvalue weighted by Gasteiger charge is 2.33. The van der Waals surface area contributed by atoms with Crippen LogP contribution in [0.1, 0.15) is 38.8 Å². The Balaban J connectivity index is 1.89. The Kier molecular flexibility index (Phi) is 7.12. The van der Waals surface area contributed by atoms with Gasteiger partial charge in [0.15, 0.2) is 12.7 Å². The van der Waals surface area contributed by atoms with Gasteiger partial charge in [-0.25, -0.2) is 4.79 Å². The van der Waals surface area contributed by atoms with Crippen molar-refractivity contribution in [1.29, 1.82) is 0 Å². The SMILES string of the molecule is C[C@H](Oc1ccc(C(C)(C)C)cc1)C(=O)OCC(=O)Nc1ccccc1C(F)(F)F. The summed E-state index contributed by atoms with van der Waals surface area (Å²) in [4.78, 5) is 24.0. The van der Waals surface area contributed by atoms with Crippen molar-refractivity contribution in [3.05, 3.63) is 59.7 Å². The third-order valence-electron chi connectivity index (χ3n) is 4.22. The first-order valence-electron chi connectivity index (χ1n) is 9.28. The molecule has 1 N–H and O–H groups in total. The summed E-state index contributed by atoms with van der Waals surface area (Å²) < 4.78 is 49.2. The maximum atomic E-state index is 13.0. The second kappa shape index (κ2) is 9.19. The molecule has 0 saturated carbocycles.